The molecule has 0 unspecified atom stereocenters. The summed E-state index contributed by atoms with van der Waals surface area (Å²) in [5.74, 6) is 0. The van der Waals surface area contributed by atoms with Crippen LogP contribution in [0.5, 0.6) is 0 Å². The molecule has 27 aromatic carbocycles. The molecular formula is C142H85N3. The molecule has 0 fully saturated rings. The Kier molecular flexibility index (Phi) is 17.7. The summed E-state index contributed by atoms with van der Waals surface area (Å²) in [4.78, 5) is 0. The van der Waals surface area contributed by atoms with Gasteiger partial charge < -0.3 is 13.7 Å². The van der Waals surface area contributed by atoms with Crippen molar-refractivity contribution in [2.24, 2.45) is 0 Å². The summed E-state index contributed by atoms with van der Waals surface area (Å²) in [6, 6.07) is 191. The highest BCUT2D eigenvalue weighted by Gasteiger charge is 2.34. The maximum Gasteiger partial charge on any atom is 0.0626 e. The third-order valence-corrected chi connectivity index (χ3v) is 31.9. The van der Waals surface area contributed by atoms with Gasteiger partial charge >= 0.3 is 0 Å². The van der Waals surface area contributed by atoms with Crippen LogP contribution in [0.25, 0.3) is 313 Å². The number of nitrogens with zero attached hydrogens (tertiary/aromatic N) is 3. The highest BCUT2D eigenvalue weighted by molar-refractivity contribution is 6.31. The van der Waals surface area contributed by atoms with E-state index in [0.717, 1.165) is 0 Å². The van der Waals surface area contributed by atoms with E-state index in [4.69, 9.17) is 0 Å². The maximum atomic E-state index is 2.50. The van der Waals surface area contributed by atoms with Gasteiger partial charge in [0, 0.05) is 66.6 Å². The van der Waals surface area contributed by atoms with E-state index in [2.05, 4.69) is 529 Å². The van der Waals surface area contributed by atoms with Crippen LogP contribution < -0.4 is 0 Å². The molecule has 0 spiro atoms. The molecule has 3 aliphatic rings. The summed E-state index contributed by atoms with van der Waals surface area (Å²) in [7, 11) is 0. The van der Waals surface area contributed by atoms with Crippen LogP contribution in [-0.4, -0.2) is 13.7 Å². The summed E-state index contributed by atoms with van der Waals surface area (Å²) in [6.07, 6.45) is 0. The van der Waals surface area contributed by atoms with Crippen molar-refractivity contribution in [3.8, 4) is 140 Å². The topological polar surface area (TPSA) is 14.8 Å². The van der Waals surface area contributed by atoms with Crippen molar-refractivity contribution >= 4 is 173 Å². The molecule has 30 aromatic rings. The monoisotopic (exact) mass is 1830 g/mol. The lowest BCUT2D eigenvalue weighted by Crippen LogP contribution is -1.96. The number of hydrogen-bond acceptors (Lipinski definition) is 0. The molecule has 145 heavy (non-hydrogen) atoms. The van der Waals surface area contributed by atoms with E-state index < -0.39 is 0 Å². The van der Waals surface area contributed by atoms with Gasteiger partial charge in [0.15, 0.2) is 0 Å². The molecule has 0 bridgehead atoms. The Morgan fingerprint density at radius 2 is 0.338 bits per heavy atom. The van der Waals surface area contributed by atoms with Gasteiger partial charge in [0.2, 0.25) is 0 Å². The molecule has 0 atom stereocenters. The molecule has 33 rings (SSSR count). The zero-order valence-electron chi connectivity index (χ0n) is 78.9. The second-order valence-electron chi connectivity index (χ2n) is 39.4. The van der Waals surface area contributed by atoms with Crippen LogP contribution in [-0.2, 0) is 0 Å². The summed E-state index contributed by atoms with van der Waals surface area (Å²) in [6.45, 7) is 0. The first kappa shape index (κ1) is 80.8. The van der Waals surface area contributed by atoms with Crippen molar-refractivity contribution in [3.63, 3.8) is 0 Å². The fourth-order valence-corrected chi connectivity index (χ4v) is 25.5. The Hall–Kier alpha value is -19.1. The van der Waals surface area contributed by atoms with Gasteiger partial charge in [-0.05, 0) is 309 Å². The van der Waals surface area contributed by atoms with Crippen LogP contribution in [0.3, 0.4) is 0 Å². The molecule has 3 nitrogen and oxygen atoms in total. The lowest BCUT2D eigenvalue weighted by atomic mass is 9.91. The van der Waals surface area contributed by atoms with Gasteiger partial charge in [-0.2, -0.15) is 0 Å². The van der Waals surface area contributed by atoms with Crippen LogP contribution in [0.1, 0.15) is 0 Å². The summed E-state index contributed by atoms with van der Waals surface area (Å²) < 4.78 is 7.41. The predicted molar refractivity (Wildman–Crippen MR) is 618 cm³/mol. The quantitative estimate of drug-likeness (QED) is 0.135. The Morgan fingerprint density at radius 3 is 0.662 bits per heavy atom. The van der Waals surface area contributed by atoms with Gasteiger partial charge in [0.05, 0.1) is 33.6 Å². The molecule has 0 radical (unpaired) electrons. The molecule has 3 heteroatoms. The number of rotatable bonds is 8. The van der Waals surface area contributed by atoms with Crippen molar-refractivity contribution in [1.29, 1.82) is 0 Å². The first-order chi connectivity index (χ1) is 71.9. The normalized spacial score (nSPS) is 12.1. The van der Waals surface area contributed by atoms with Crippen LogP contribution in [0.4, 0.5) is 0 Å². The molecule has 0 aliphatic heterocycles. The van der Waals surface area contributed by atoms with E-state index in [0.29, 0.717) is 0 Å². The van der Waals surface area contributed by atoms with Crippen molar-refractivity contribution in [3.05, 3.63) is 516 Å². The number of fused-ring (bicyclic) bond motifs is 34. The van der Waals surface area contributed by atoms with Crippen LogP contribution in [0.2, 0.25) is 0 Å². The SMILES string of the molecule is c1ccc(-n2c3c(c4cc(-c5ccc(-c6ccc7c8ccccc8c8ccccc8c7c6)cc5)ccc42)-c2cccc4cccc-3c24)cc1.c1ccc(-n2c3c(c4cc(-c5cccc(-c6ccc7c8ccccc8c8ccccc8c7c6)c5)ccc42)-c2cccc4cccc-3c24)cc1.c1ccc2cc(-n3c4c(c5cc(-c6ccc7c8ccccc8c8ccccc8c7c6)ccc53)-c3cccc5cccc-4c35)ccc2c1. The van der Waals surface area contributed by atoms with Crippen molar-refractivity contribution in [1.82, 2.24) is 13.7 Å². The first-order valence-electron chi connectivity index (χ1n) is 50.4. The van der Waals surface area contributed by atoms with Gasteiger partial charge in [0.25, 0.3) is 0 Å². The predicted octanol–water partition coefficient (Wildman–Crippen LogP) is 39.2. The van der Waals surface area contributed by atoms with Crippen molar-refractivity contribution in [2.45, 2.75) is 0 Å². The molecule has 3 aliphatic carbocycles. The largest absolute Gasteiger partial charge is 0.309 e. The number of aromatic nitrogens is 3. The van der Waals surface area contributed by atoms with Crippen molar-refractivity contribution < 1.29 is 0 Å². The highest BCUT2D eigenvalue weighted by atomic mass is 15.0. The molecule has 0 saturated heterocycles. The Balaban J connectivity index is 0.0000000990. The van der Waals surface area contributed by atoms with Crippen molar-refractivity contribution in [2.75, 3.05) is 0 Å². The second kappa shape index (κ2) is 31.7. The lowest BCUT2D eigenvalue weighted by molar-refractivity contribution is 1.14. The smallest absolute Gasteiger partial charge is 0.0626 e. The number of benzene rings is 27. The van der Waals surface area contributed by atoms with Gasteiger partial charge in [-0.25, -0.2) is 0 Å². The fourth-order valence-electron chi connectivity index (χ4n) is 25.5. The van der Waals surface area contributed by atoms with Gasteiger partial charge in [-0.15, -0.1) is 0 Å². The van der Waals surface area contributed by atoms with Crippen LogP contribution >= 0.6 is 0 Å². The Bertz CT molecular complexity index is 10700. The number of para-hydroxylation sites is 2. The lowest BCUT2D eigenvalue weighted by Gasteiger charge is -2.14. The van der Waals surface area contributed by atoms with E-state index in [1.807, 2.05) is 0 Å². The third-order valence-electron chi connectivity index (χ3n) is 31.9. The highest BCUT2D eigenvalue weighted by Crippen LogP contribution is 2.58. The maximum absolute atomic E-state index is 2.50. The minimum Gasteiger partial charge on any atom is -0.309 e. The third kappa shape index (κ3) is 12.2. The minimum absolute atomic E-state index is 1.19. The fraction of sp³-hybridized carbons (Fsp3) is 0. The van der Waals surface area contributed by atoms with E-state index in [1.165, 1.54) is 313 Å². The van der Waals surface area contributed by atoms with Gasteiger partial charge in [-0.3, -0.25) is 0 Å². The van der Waals surface area contributed by atoms with Crippen LogP contribution in [0.15, 0.2) is 516 Å². The zero-order valence-corrected chi connectivity index (χ0v) is 78.9. The van der Waals surface area contributed by atoms with E-state index in [1.54, 1.807) is 0 Å². The molecule has 0 amide bonds. The average molecular weight is 1830 g/mol. The van der Waals surface area contributed by atoms with Crippen LogP contribution in [0, 0.1) is 0 Å². The molecule has 0 saturated carbocycles. The van der Waals surface area contributed by atoms with Gasteiger partial charge in [-0.1, -0.05) is 419 Å². The standard InChI is InChI=1S/2C48H29N.C46H27N/c1-2-15-35(16-3-1)49-45-26-24-34(29-44(45)47-41-21-9-11-30-12-10-22-42(46(30)41)48(47)49)32-14-8-13-31(27-32)33-23-25-40-38-19-5-4-17-36(38)37-18-6-7-20-39(37)43(40)28-33;1-2-12-35(13-3-1)49-45-27-25-34(29-44(45)47-41-18-8-10-32-11-9-19-42(46(32)41)48(47)49)31-22-20-30(21-23-31)33-24-26-40-38-16-5-4-14-36(38)37-15-6-7-17-39(37)43(40)28-33;1-2-10-30-25-33(22-19-28(30)9-1)47-43-24-21-32(27-42(43)45-39-17-7-11-29-12-8-18-40(44(29)39)46(45)47)31-20-23-38-36-15-4-3-13-34(36)35-14-5-6-16-37(35)41(38)26-31/h2*1-29H;1-27H. The molecule has 3 aromatic heterocycles. The van der Waals surface area contributed by atoms with E-state index in [9.17, 15) is 0 Å². The summed E-state index contributed by atoms with van der Waals surface area (Å²) in [5, 5.41) is 37.8. The molecular weight excluding hydrogens is 1750 g/mol. The second-order valence-corrected chi connectivity index (χ2v) is 39.4. The first-order valence-corrected chi connectivity index (χ1v) is 50.4. The number of hydrogen-bond donors (Lipinski definition) is 0. The minimum atomic E-state index is 1.19. The average Bonchev–Trinajstić information content (AvgIpc) is 1.54. The zero-order chi connectivity index (χ0) is 94.7. The summed E-state index contributed by atoms with van der Waals surface area (Å²) in [5.41, 5.74) is 35.3. The Labute approximate surface area is 835 Å². The Morgan fingerprint density at radius 1 is 0.110 bits per heavy atom. The molecule has 3 heterocycles. The van der Waals surface area contributed by atoms with E-state index in [-0.39, 0.29) is 0 Å². The summed E-state index contributed by atoms with van der Waals surface area (Å²) >= 11 is 0. The van der Waals surface area contributed by atoms with Gasteiger partial charge in [0.1, 0.15) is 0 Å². The van der Waals surface area contributed by atoms with E-state index >= 15 is 0 Å². The molecule has 668 valence electrons. The molecule has 0 N–H and O–H groups in total.